The second-order valence-corrected chi connectivity index (χ2v) is 12.4. The number of aromatic nitrogens is 2. The molecule has 1 heterocycles. The highest BCUT2D eigenvalue weighted by Gasteiger charge is 2.40. The van der Waals surface area contributed by atoms with E-state index in [1.807, 2.05) is 33.9 Å². The van der Waals surface area contributed by atoms with E-state index in [4.69, 9.17) is 15.9 Å². The van der Waals surface area contributed by atoms with E-state index in [9.17, 15) is 17.6 Å². The van der Waals surface area contributed by atoms with Gasteiger partial charge in [-0.25, -0.2) is 0 Å². The van der Waals surface area contributed by atoms with Crippen LogP contribution in [-0.2, 0) is 4.43 Å². The van der Waals surface area contributed by atoms with E-state index in [-0.39, 0.29) is 23.0 Å². The third-order valence-corrected chi connectivity index (χ3v) is 9.04. The summed E-state index contributed by atoms with van der Waals surface area (Å²) in [5, 5.41) is 4.53. The number of alkyl halides is 3. The molecule has 6 N–H and O–H groups in total. The molecule has 0 fully saturated rings. The summed E-state index contributed by atoms with van der Waals surface area (Å²) in [6.07, 6.45) is -2.15. The number of rotatable bonds is 7. The van der Waals surface area contributed by atoms with Gasteiger partial charge in [0.05, 0.1) is 0 Å². The lowest BCUT2D eigenvalue weighted by Gasteiger charge is -2.36. The lowest BCUT2D eigenvalue weighted by atomic mass is 10.2. The van der Waals surface area contributed by atoms with Crippen molar-refractivity contribution in [2.24, 2.45) is 5.73 Å². The van der Waals surface area contributed by atoms with Crippen molar-refractivity contribution in [3.8, 4) is 0 Å². The third-order valence-electron chi connectivity index (χ3n) is 4.53. The van der Waals surface area contributed by atoms with Gasteiger partial charge in [0.1, 0.15) is 18.8 Å². The molecule has 1 aromatic rings. The molecule has 1 rings (SSSR count). The zero-order valence-corrected chi connectivity index (χ0v) is 16.7. The number of hydrogen-bond donors (Lipinski definition) is 4. The van der Waals surface area contributed by atoms with Gasteiger partial charge in [-0.2, -0.15) is 17.6 Å². The summed E-state index contributed by atoms with van der Waals surface area (Å²) >= 11 is 0. The maximum absolute atomic E-state index is 13.6. The Bertz CT molecular complexity index is 617. The molecule has 1 atom stereocenters. The van der Waals surface area contributed by atoms with E-state index in [1.54, 1.807) is 0 Å². The Hall–Kier alpha value is -1.75. The first-order valence-electron chi connectivity index (χ1n) is 8.09. The predicted octanol–water partition coefficient (Wildman–Crippen LogP) is 2.54. The van der Waals surface area contributed by atoms with E-state index in [0.29, 0.717) is 0 Å². The molecule has 0 bridgehead atoms. The van der Waals surface area contributed by atoms with Gasteiger partial charge in [-0.3, -0.25) is 0 Å². The molecule has 0 spiro atoms. The Labute approximate surface area is 151 Å². The minimum Gasteiger partial charge on any atom is -0.409 e. The summed E-state index contributed by atoms with van der Waals surface area (Å²) in [7, 11) is -2.20. The minimum atomic E-state index is -4.43. The van der Waals surface area contributed by atoms with Crippen molar-refractivity contribution in [3.05, 3.63) is 24.0 Å². The predicted molar refractivity (Wildman–Crippen MR) is 93.9 cm³/mol. The van der Waals surface area contributed by atoms with Gasteiger partial charge in [0.25, 0.3) is 5.95 Å². The lowest BCUT2D eigenvalue weighted by molar-refractivity contribution is -0.768. The molecule has 0 radical (unpaired) electrons. The summed E-state index contributed by atoms with van der Waals surface area (Å²) in [6, 6.07) is -0.816. The number of aromatic amines is 1. The zero-order chi connectivity index (χ0) is 20.3. The molecular weight excluding hydrogens is 370 g/mol. The van der Waals surface area contributed by atoms with Gasteiger partial charge in [0.2, 0.25) is 12.2 Å². The van der Waals surface area contributed by atoms with Crippen molar-refractivity contribution < 1.29 is 26.7 Å². The van der Waals surface area contributed by atoms with Crippen molar-refractivity contribution in [1.82, 2.24) is 10.4 Å². The number of nitrogens with zero attached hydrogens (tertiary/aromatic N) is 1. The van der Waals surface area contributed by atoms with E-state index >= 15 is 0 Å². The Morgan fingerprint density at radius 2 is 1.96 bits per heavy atom. The second kappa shape index (κ2) is 7.87. The number of anilines is 1. The van der Waals surface area contributed by atoms with Crippen LogP contribution in [0.5, 0.6) is 0 Å². The summed E-state index contributed by atoms with van der Waals surface area (Å²) < 4.78 is 58.7. The van der Waals surface area contributed by atoms with Crippen LogP contribution in [0.25, 0.3) is 0 Å². The number of nitrogens with two attached hydrogens (primary N) is 2. The average Bonchev–Trinajstić information content (AvgIpc) is 2.79. The number of H-pyrrole nitrogens is 1. The summed E-state index contributed by atoms with van der Waals surface area (Å²) in [6.45, 7) is 8.86. The van der Waals surface area contributed by atoms with E-state index in [2.05, 4.69) is 10.4 Å². The molecule has 26 heavy (non-hydrogen) atoms. The van der Waals surface area contributed by atoms with Crippen LogP contribution in [0.1, 0.15) is 26.8 Å². The standard InChI is InChI=1S/C15H27F4N5OSi/c1-14(2,3)26(4,5)25-8-12(24-7-10(21)13(16)23-24)11(6-20)22-9-15(17,18)19/h6-7,12,22H,8-9,20-21H2,1-5H3/p+1/b11-6-. The van der Waals surface area contributed by atoms with Crippen molar-refractivity contribution >= 4 is 14.0 Å². The SMILES string of the molecule is CC(C)(C)[Si](C)(C)OCC(/C(=C/N)NCC(F)(F)F)[n+]1cc(N)c(F)[nH]1. The monoisotopic (exact) mass is 398 g/mol. The summed E-state index contributed by atoms with van der Waals surface area (Å²) in [4.78, 5) is 0. The number of hydrogen-bond acceptors (Lipinski definition) is 4. The Balaban J connectivity index is 3.10. The van der Waals surface area contributed by atoms with Crippen LogP contribution < -0.4 is 21.5 Å². The Morgan fingerprint density at radius 1 is 1.38 bits per heavy atom. The molecule has 11 heteroatoms. The van der Waals surface area contributed by atoms with Crippen LogP contribution in [0.4, 0.5) is 23.2 Å². The van der Waals surface area contributed by atoms with Crippen LogP contribution in [0.3, 0.4) is 0 Å². The fourth-order valence-corrected chi connectivity index (χ4v) is 2.91. The highest BCUT2D eigenvalue weighted by molar-refractivity contribution is 6.74. The van der Waals surface area contributed by atoms with Crippen LogP contribution >= 0.6 is 0 Å². The van der Waals surface area contributed by atoms with Crippen molar-refractivity contribution in [2.45, 2.75) is 51.1 Å². The van der Waals surface area contributed by atoms with Crippen LogP contribution in [0.15, 0.2) is 18.1 Å². The average molecular weight is 399 g/mol. The molecular formula is C15H28F4N5OSi+. The van der Waals surface area contributed by atoms with E-state index < -0.39 is 33.0 Å². The largest absolute Gasteiger partial charge is 0.409 e. The number of nitrogen functional groups attached to an aromatic ring is 1. The first kappa shape index (κ1) is 22.3. The van der Waals surface area contributed by atoms with E-state index in [1.165, 1.54) is 10.9 Å². The molecule has 6 nitrogen and oxygen atoms in total. The molecule has 0 aliphatic rings. The second-order valence-electron chi connectivity index (χ2n) is 7.60. The topological polar surface area (TPSA) is 93.0 Å². The first-order valence-corrected chi connectivity index (χ1v) is 11.0. The smallest absolute Gasteiger partial charge is 0.405 e. The third kappa shape index (κ3) is 5.90. The van der Waals surface area contributed by atoms with Gasteiger partial charge in [-0.05, 0) is 18.1 Å². The molecule has 0 saturated carbocycles. The maximum Gasteiger partial charge on any atom is 0.405 e. The molecule has 0 aromatic carbocycles. The number of nitrogens with one attached hydrogen (secondary N) is 2. The molecule has 0 aliphatic carbocycles. The van der Waals surface area contributed by atoms with Gasteiger partial charge in [0, 0.05) is 6.20 Å². The van der Waals surface area contributed by atoms with Crippen LogP contribution in [0.2, 0.25) is 18.1 Å². The normalized spacial score (nSPS) is 15.2. The lowest BCUT2D eigenvalue weighted by Crippen LogP contribution is -2.51. The molecule has 1 unspecified atom stereocenters. The van der Waals surface area contributed by atoms with E-state index in [0.717, 1.165) is 6.20 Å². The van der Waals surface area contributed by atoms with Crippen LogP contribution in [0, 0.1) is 5.95 Å². The molecule has 0 saturated heterocycles. The highest BCUT2D eigenvalue weighted by atomic mass is 28.4. The van der Waals surface area contributed by atoms with Gasteiger partial charge in [-0.1, -0.05) is 20.8 Å². The Morgan fingerprint density at radius 3 is 2.35 bits per heavy atom. The van der Waals surface area contributed by atoms with Gasteiger partial charge in [0.15, 0.2) is 14.0 Å². The quantitative estimate of drug-likeness (QED) is 0.323. The molecule has 150 valence electrons. The number of halogens is 4. The van der Waals surface area contributed by atoms with Gasteiger partial charge >= 0.3 is 6.18 Å². The maximum atomic E-state index is 13.6. The highest BCUT2D eigenvalue weighted by Crippen LogP contribution is 2.37. The zero-order valence-electron chi connectivity index (χ0n) is 15.7. The molecule has 1 aromatic heterocycles. The fourth-order valence-electron chi connectivity index (χ4n) is 1.90. The van der Waals surface area contributed by atoms with Gasteiger partial charge < -0.3 is 21.2 Å². The Kier molecular flexibility index (Phi) is 6.74. The minimum absolute atomic E-state index is 0.00838. The van der Waals surface area contributed by atoms with Crippen molar-refractivity contribution in [1.29, 1.82) is 0 Å². The van der Waals surface area contributed by atoms with Gasteiger partial charge in [-0.15, -0.1) is 9.78 Å². The van der Waals surface area contributed by atoms with Crippen molar-refractivity contribution in [3.63, 3.8) is 0 Å². The summed E-state index contributed by atoms with van der Waals surface area (Å²) in [5.74, 6) is -0.783. The molecule has 0 aliphatic heterocycles. The van der Waals surface area contributed by atoms with Crippen LogP contribution in [-0.4, -0.2) is 32.7 Å². The summed E-state index contributed by atoms with van der Waals surface area (Å²) in [5.41, 5.74) is 10.9. The van der Waals surface area contributed by atoms with Crippen molar-refractivity contribution in [2.75, 3.05) is 18.9 Å². The fraction of sp³-hybridized carbons (Fsp3) is 0.667. The first-order chi connectivity index (χ1) is 11.7. The molecule has 0 amide bonds.